The molecule has 0 unspecified atom stereocenters. The number of aromatic nitrogens is 2. The van der Waals surface area contributed by atoms with Gasteiger partial charge in [-0.25, -0.2) is 9.48 Å². The van der Waals surface area contributed by atoms with Crippen molar-refractivity contribution < 1.29 is 9.59 Å². The zero-order valence-corrected chi connectivity index (χ0v) is 17.4. The summed E-state index contributed by atoms with van der Waals surface area (Å²) < 4.78 is 1.69. The number of urea groups is 1. The summed E-state index contributed by atoms with van der Waals surface area (Å²) >= 11 is 6.04. The first-order valence-electron chi connectivity index (χ1n) is 10.4. The number of carbonyl (C=O) groups excluding carboxylic acids is 2. The van der Waals surface area contributed by atoms with Gasteiger partial charge in [-0.2, -0.15) is 5.10 Å². The van der Waals surface area contributed by atoms with Crippen LogP contribution in [0.2, 0.25) is 5.02 Å². The molecule has 0 atom stereocenters. The van der Waals surface area contributed by atoms with Crippen LogP contribution in [0.15, 0.2) is 35.5 Å². The summed E-state index contributed by atoms with van der Waals surface area (Å²) in [6, 6.07) is 7.02. The number of amides is 3. The number of aliphatic imine (C=N–C) groups is 1. The van der Waals surface area contributed by atoms with Crippen LogP contribution >= 0.6 is 11.6 Å². The van der Waals surface area contributed by atoms with Crippen molar-refractivity contribution in [3.8, 4) is 5.69 Å². The Balaban J connectivity index is 1.53. The lowest BCUT2D eigenvalue weighted by molar-refractivity contribution is -0.129. The van der Waals surface area contributed by atoms with Gasteiger partial charge in [0, 0.05) is 24.7 Å². The summed E-state index contributed by atoms with van der Waals surface area (Å²) in [5.41, 5.74) is 1.54. The number of hydrogen-bond acceptors (Lipinski definition) is 4. The molecule has 2 aromatic rings. The second-order valence-electron chi connectivity index (χ2n) is 7.79. The van der Waals surface area contributed by atoms with Gasteiger partial charge in [-0.05, 0) is 37.1 Å². The van der Waals surface area contributed by atoms with Gasteiger partial charge < -0.3 is 4.90 Å². The Hall–Kier alpha value is -2.87. The lowest BCUT2D eigenvalue weighted by Gasteiger charge is -2.34. The van der Waals surface area contributed by atoms with Gasteiger partial charge in [0.05, 0.1) is 24.0 Å². The smallest absolute Gasteiger partial charge is 0.331 e. The molecule has 1 saturated heterocycles. The van der Waals surface area contributed by atoms with Gasteiger partial charge in [0.2, 0.25) is 5.91 Å². The van der Waals surface area contributed by atoms with Gasteiger partial charge in [-0.1, -0.05) is 24.4 Å². The average molecular weight is 427 g/mol. The molecule has 3 aliphatic rings. The maximum Gasteiger partial charge on any atom is 0.331 e. The van der Waals surface area contributed by atoms with Crippen LogP contribution in [0.25, 0.3) is 5.69 Å². The molecule has 0 spiro atoms. The quantitative estimate of drug-likeness (QED) is 0.757. The van der Waals surface area contributed by atoms with Gasteiger partial charge in [-0.15, -0.1) is 0 Å². The van der Waals surface area contributed by atoms with Crippen molar-refractivity contribution in [1.29, 1.82) is 0 Å². The topological polar surface area (TPSA) is 74.0 Å². The van der Waals surface area contributed by atoms with Gasteiger partial charge in [0.1, 0.15) is 12.4 Å². The highest BCUT2D eigenvalue weighted by Gasteiger charge is 2.41. The van der Waals surface area contributed by atoms with Crippen LogP contribution in [0, 0.1) is 0 Å². The molecule has 0 aliphatic carbocycles. The number of anilines is 1. The molecule has 8 nitrogen and oxygen atoms in total. The fraction of sp³-hybridized carbons (Fsp3) is 0.429. The van der Waals surface area contributed by atoms with E-state index >= 15 is 0 Å². The van der Waals surface area contributed by atoms with Gasteiger partial charge in [-0.3, -0.25) is 19.6 Å². The van der Waals surface area contributed by atoms with Crippen LogP contribution in [0.5, 0.6) is 0 Å². The Labute approximate surface area is 179 Å². The molecule has 4 heterocycles. The number of benzene rings is 1. The molecule has 0 saturated carbocycles. The minimum absolute atomic E-state index is 0.00506. The van der Waals surface area contributed by atoms with Crippen LogP contribution in [0.4, 0.5) is 10.6 Å². The predicted molar refractivity (Wildman–Crippen MR) is 114 cm³/mol. The number of likely N-dealkylation sites (tertiary alicyclic amines) is 1. The largest absolute Gasteiger partial charge is 0.341 e. The monoisotopic (exact) mass is 426 g/mol. The minimum Gasteiger partial charge on any atom is -0.341 e. The van der Waals surface area contributed by atoms with Crippen LogP contribution in [-0.4, -0.2) is 70.1 Å². The normalized spacial score (nSPS) is 18.8. The molecule has 156 valence electrons. The molecular formula is C21H23ClN6O2. The molecular weight excluding hydrogens is 404 g/mol. The van der Waals surface area contributed by atoms with Crippen molar-refractivity contribution in [3.05, 3.63) is 41.0 Å². The molecule has 5 rings (SSSR count). The number of rotatable bonds is 3. The highest BCUT2D eigenvalue weighted by Crippen LogP contribution is 2.33. The summed E-state index contributed by atoms with van der Waals surface area (Å²) in [6.07, 6.45) is 6.03. The zero-order valence-electron chi connectivity index (χ0n) is 16.6. The van der Waals surface area contributed by atoms with E-state index < -0.39 is 0 Å². The van der Waals surface area contributed by atoms with Crippen molar-refractivity contribution in [2.45, 2.75) is 25.7 Å². The molecule has 0 radical (unpaired) electrons. The van der Waals surface area contributed by atoms with E-state index in [4.69, 9.17) is 11.6 Å². The van der Waals surface area contributed by atoms with E-state index in [-0.39, 0.29) is 18.5 Å². The maximum absolute atomic E-state index is 13.3. The van der Waals surface area contributed by atoms with Crippen molar-refractivity contribution >= 4 is 35.2 Å². The summed E-state index contributed by atoms with van der Waals surface area (Å²) in [4.78, 5) is 36.0. The van der Waals surface area contributed by atoms with Gasteiger partial charge >= 0.3 is 6.03 Å². The summed E-state index contributed by atoms with van der Waals surface area (Å²) in [5, 5.41) is 5.15. The summed E-state index contributed by atoms with van der Waals surface area (Å²) in [5.74, 6) is 1.19. The molecule has 9 heteroatoms. The molecule has 30 heavy (non-hydrogen) atoms. The highest BCUT2D eigenvalue weighted by atomic mass is 35.5. The van der Waals surface area contributed by atoms with Crippen molar-refractivity contribution in [3.63, 3.8) is 0 Å². The Morgan fingerprint density at radius 1 is 1.03 bits per heavy atom. The van der Waals surface area contributed by atoms with E-state index in [0.29, 0.717) is 29.8 Å². The van der Waals surface area contributed by atoms with Crippen molar-refractivity contribution in [2.24, 2.45) is 4.99 Å². The molecule has 1 aromatic heterocycles. The van der Waals surface area contributed by atoms with Crippen molar-refractivity contribution in [1.82, 2.24) is 19.6 Å². The molecule has 3 aliphatic heterocycles. The Morgan fingerprint density at radius 3 is 2.50 bits per heavy atom. The Bertz CT molecular complexity index is 1010. The average Bonchev–Trinajstić information content (AvgIpc) is 3.31. The van der Waals surface area contributed by atoms with Gasteiger partial charge in [0.15, 0.2) is 5.82 Å². The second-order valence-corrected chi connectivity index (χ2v) is 8.23. The number of nitrogens with zero attached hydrogens (tertiary/aromatic N) is 6. The number of carbonyl (C=O) groups is 2. The van der Waals surface area contributed by atoms with E-state index in [9.17, 15) is 9.59 Å². The third-order valence-corrected chi connectivity index (χ3v) is 6.12. The summed E-state index contributed by atoms with van der Waals surface area (Å²) in [6.45, 7) is 2.57. The van der Waals surface area contributed by atoms with Crippen LogP contribution in [0.1, 0.15) is 31.2 Å². The Kier molecular flexibility index (Phi) is 4.94. The molecule has 0 bridgehead atoms. The zero-order chi connectivity index (χ0) is 20.7. The number of amidine groups is 1. The van der Waals surface area contributed by atoms with Crippen LogP contribution < -0.4 is 4.90 Å². The van der Waals surface area contributed by atoms with E-state index in [1.165, 1.54) is 0 Å². The maximum atomic E-state index is 13.3. The number of halogens is 1. The third-order valence-electron chi connectivity index (χ3n) is 5.87. The first-order chi connectivity index (χ1) is 14.6. The molecule has 3 amide bonds. The first kappa shape index (κ1) is 19.1. The first-order valence-corrected chi connectivity index (χ1v) is 10.8. The SMILES string of the molecule is O=C(CN1C(=O)N2CCN=C2c2cnn(-c3ccc(Cl)cc3)c21)N1CCCCCC1. The fourth-order valence-electron chi connectivity index (χ4n) is 4.33. The molecule has 1 fully saturated rings. The van der Waals surface area contributed by atoms with Crippen molar-refractivity contribution in [2.75, 3.05) is 37.6 Å². The third kappa shape index (κ3) is 3.25. The lowest BCUT2D eigenvalue weighted by Crippen LogP contribution is -2.53. The molecule has 1 aromatic carbocycles. The van der Waals surface area contributed by atoms with E-state index in [1.54, 1.807) is 32.8 Å². The lowest BCUT2D eigenvalue weighted by atomic mass is 10.2. The van der Waals surface area contributed by atoms with Crippen LogP contribution in [-0.2, 0) is 4.79 Å². The number of fused-ring (bicyclic) bond motifs is 3. The van der Waals surface area contributed by atoms with E-state index in [0.717, 1.165) is 50.0 Å². The summed E-state index contributed by atoms with van der Waals surface area (Å²) in [7, 11) is 0. The highest BCUT2D eigenvalue weighted by molar-refractivity contribution is 6.30. The van der Waals surface area contributed by atoms with E-state index in [2.05, 4.69) is 10.1 Å². The molecule has 0 N–H and O–H groups in total. The second kappa shape index (κ2) is 7.75. The van der Waals surface area contributed by atoms with E-state index in [1.807, 2.05) is 17.0 Å². The standard InChI is InChI=1S/C21H23ClN6O2/c22-15-5-7-16(8-6-15)28-20-17(13-24-28)19-23-9-12-26(19)21(30)27(20)14-18(29)25-10-3-1-2-4-11-25/h5-8,13H,1-4,9-12,14H2. The van der Waals surface area contributed by atoms with Crippen LogP contribution in [0.3, 0.4) is 0 Å². The Morgan fingerprint density at radius 2 is 1.77 bits per heavy atom. The minimum atomic E-state index is -0.224. The predicted octanol–water partition coefficient (Wildman–Crippen LogP) is 2.93. The number of hydrogen-bond donors (Lipinski definition) is 0. The fourth-order valence-corrected chi connectivity index (χ4v) is 4.45. The van der Waals surface area contributed by atoms with Gasteiger partial charge in [0.25, 0.3) is 0 Å².